The fourth-order valence-electron chi connectivity index (χ4n) is 6.11. The lowest BCUT2D eigenvalue weighted by Gasteiger charge is -2.47. The van der Waals surface area contributed by atoms with Crippen molar-refractivity contribution in [3.05, 3.63) is 35.4 Å². The zero-order valence-corrected chi connectivity index (χ0v) is 23.7. The second-order valence-electron chi connectivity index (χ2n) is 11.7. The molecule has 1 aromatic carbocycles. The Morgan fingerprint density at radius 1 is 1.06 bits per heavy atom. The third-order valence-corrected chi connectivity index (χ3v) is 9.60. The minimum atomic E-state index is -0.215. The molecule has 0 heterocycles. The zero-order valence-electron chi connectivity index (χ0n) is 22.7. The maximum absolute atomic E-state index is 12.9. The molecular formula is C30H52NOP. The highest BCUT2D eigenvalue weighted by Crippen LogP contribution is 2.45. The summed E-state index contributed by atoms with van der Waals surface area (Å²) in [6, 6.07) is 8.91. The molecule has 3 heteroatoms. The molecule has 6 atom stereocenters. The van der Waals surface area contributed by atoms with E-state index in [-0.39, 0.29) is 5.41 Å². The molecule has 188 valence electrons. The third-order valence-electron chi connectivity index (χ3n) is 8.04. The molecule has 0 aliphatic heterocycles. The van der Waals surface area contributed by atoms with Gasteiger partial charge in [-0.15, -0.1) is 8.58 Å². The largest absolute Gasteiger partial charge is 0.352 e. The summed E-state index contributed by atoms with van der Waals surface area (Å²) >= 11 is 0. The highest BCUT2D eigenvalue weighted by Gasteiger charge is 2.42. The quantitative estimate of drug-likeness (QED) is 0.285. The number of fused-ring (bicyclic) bond motifs is 2. The van der Waals surface area contributed by atoms with E-state index >= 15 is 0 Å². The molecule has 0 spiro atoms. The first-order valence-electron chi connectivity index (χ1n) is 13.7. The van der Waals surface area contributed by atoms with Crippen LogP contribution in [0.25, 0.3) is 0 Å². The Labute approximate surface area is 207 Å². The van der Waals surface area contributed by atoms with Gasteiger partial charge in [-0.25, -0.2) is 0 Å². The molecular weight excluding hydrogens is 421 g/mol. The van der Waals surface area contributed by atoms with E-state index in [0.29, 0.717) is 23.8 Å². The highest BCUT2D eigenvalue weighted by atomic mass is 31.1. The lowest BCUT2D eigenvalue weighted by atomic mass is 9.63. The van der Waals surface area contributed by atoms with Crippen molar-refractivity contribution in [2.75, 3.05) is 12.3 Å². The fourth-order valence-corrected chi connectivity index (χ4v) is 7.14. The van der Waals surface area contributed by atoms with E-state index in [1.807, 2.05) is 0 Å². The molecule has 2 fully saturated rings. The number of rotatable bonds is 9. The maximum Gasteiger partial charge on any atom is 0.225 e. The van der Waals surface area contributed by atoms with Gasteiger partial charge in [-0.05, 0) is 99.0 Å². The lowest BCUT2D eigenvalue weighted by molar-refractivity contribution is -0.132. The summed E-state index contributed by atoms with van der Waals surface area (Å²) in [5.41, 5.74) is 2.64. The van der Waals surface area contributed by atoms with Gasteiger partial charge in [0.2, 0.25) is 5.91 Å². The molecule has 2 aliphatic carbocycles. The van der Waals surface area contributed by atoms with Crippen molar-refractivity contribution < 1.29 is 4.79 Å². The Kier molecular flexibility index (Phi) is 11.9. The molecule has 2 saturated carbocycles. The minimum absolute atomic E-state index is 0.215. The van der Waals surface area contributed by atoms with Gasteiger partial charge in [-0.3, -0.25) is 4.79 Å². The number of carbonyl (C=O) groups is 1. The summed E-state index contributed by atoms with van der Waals surface area (Å²) in [6.07, 6.45) is 12.7. The van der Waals surface area contributed by atoms with Crippen LogP contribution < -0.4 is 5.32 Å². The molecule has 6 unspecified atom stereocenters. The molecule has 1 N–H and O–H groups in total. The smallest absolute Gasteiger partial charge is 0.225 e. The van der Waals surface area contributed by atoms with Crippen molar-refractivity contribution in [3.8, 4) is 0 Å². The number of carbonyl (C=O) groups excluding carboxylic acids is 1. The molecule has 2 nitrogen and oxygen atoms in total. The standard InChI is InChI=1S/C21H40NOP.C9H12/c1-6-9-24-10-7-8-21(4,5)20(23)22-19-16(3)13-17-11-15(2)12-18(19)14-17;1-3-9-7-5-4-6-8(9)2/h15-19,24H,6-14H2,1-5H3,(H,22,23);4-7H,3H2,1-2H3. The predicted octanol–water partition coefficient (Wildman–Crippen LogP) is 8.02. The molecule has 3 rings (SSSR count). The number of hydrogen-bond donors (Lipinski definition) is 1. The Morgan fingerprint density at radius 2 is 1.79 bits per heavy atom. The molecule has 1 aromatic rings. The second-order valence-corrected chi connectivity index (χ2v) is 13.2. The van der Waals surface area contributed by atoms with Crippen LogP contribution in [-0.4, -0.2) is 24.3 Å². The van der Waals surface area contributed by atoms with Crippen molar-refractivity contribution in [1.82, 2.24) is 5.32 Å². The van der Waals surface area contributed by atoms with Gasteiger partial charge in [0.25, 0.3) is 0 Å². The first kappa shape index (κ1) is 28.4. The predicted molar refractivity (Wildman–Crippen MR) is 148 cm³/mol. The van der Waals surface area contributed by atoms with Gasteiger partial charge in [0.15, 0.2) is 0 Å². The molecule has 2 aliphatic rings. The van der Waals surface area contributed by atoms with E-state index in [1.165, 1.54) is 62.0 Å². The van der Waals surface area contributed by atoms with Crippen LogP contribution in [0.1, 0.15) is 97.6 Å². The van der Waals surface area contributed by atoms with Crippen LogP contribution in [0.15, 0.2) is 24.3 Å². The summed E-state index contributed by atoms with van der Waals surface area (Å²) < 4.78 is 0. The highest BCUT2D eigenvalue weighted by molar-refractivity contribution is 7.37. The van der Waals surface area contributed by atoms with E-state index in [1.54, 1.807) is 0 Å². The fraction of sp³-hybridized carbons (Fsp3) is 0.767. The van der Waals surface area contributed by atoms with Gasteiger partial charge >= 0.3 is 0 Å². The van der Waals surface area contributed by atoms with Crippen molar-refractivity contribution >= 4 is 14.5 Å². The van der Waals surface area contributed by atoms with E-state index in [2.05, 4.69) is 78.0 Å². The van der Waals surface area contributed by atoms with Crippen molar-refractivity contribution in [1.29, 1.82) is 0 Å². The first-order chi connectivity index (χ1) is 15.7. The SMILES string of the molecule is CCCPCCCC(C)(C)C(=O)NC1C(C)CC2CC(C)CC1C2.CCc1ccccc1C. The molecule has 0 aromatic heterocycles. The Bertz CT molecular complexity index is 711. The summed E-state index contributed by atoms with van der Waals surface area (Å²) in [5, 5.41) is 3.50. The zero-order chi connectivity index (χ0) is 24.4. The third kappa shape index (κ3) is 9.01. The van der Waals surface area contributed by atoms with E-state index < -0.39 is 0 Å². The van der Waals surface area contributed by atoms with Crippen LogP contribution >= 0.6 is 8.58 Å². The van der Waals surface area contributed by atoms with E-state index in [9.17, 15) is 4.79 Å². The molecule has 1 amide bonds. The van der Waals surface area contributed by atoms with Crippen LogP contribution in [0.3, 0.4) is 0 Å². The summed E-state index contributed by atoms with van der Waals surface area (Å²) in [7, 11) is 1.08. The molecule has 0 radical (unpaired) electrons. The number of amides is 1. The van der Waals surface area contributed by atoms with Crippen LogP contribution in [0.4, 0.5) is 0 Å². The van der Waals surface area contributed by atoms with Crippen molar-refractivity contribution in [2.45, 2.75) is 106 Å². The van der Waals surface area contributed by atoms with Crippen LogP contribution in [0.2, 0.25) is 0 Å². The average molecular weight is 474 g/mol. The molecule has 0 saturated heterocycles. The van der Waals surface area contributed by atoms with Crippen molar-refractivity contribution in [2.24, 2.45) is 29.1 Å². The molecule has 2 bridgehead atoms. The van der Waals surface area contributed by atoms with Gasteiger partial charge < -0.3 is 5.32 Å². The van der Waals surface area contributed by atoms with Crippen LogP contribution in [0.5, 0.6) is 0 Å². The maximum atomic E-state index is 12.9. The lowest BCUT2D eigenvalue weighted by Crippen LogP contribution is -2.53. The second kappa shape index (κ2) is 13.9. The Hall–Kier alpha value is -0.880. The number of nitrogens with one attached hydrogen (secondary N) is 1. The van der Waals surface area contributed by atoms with Gasteiger partial charge in [0, 0.05) is 11.5 Å². The topological polar surface area (TPSA) is 29.1 Å². The Balaban J connectivity index is 0.000000357. The summed E-state index contributed by atoms with van der Waals surface area (Å²) in [6.45, 7) is 15.6. The number of aryl methyl sites for hydroxylation is 2. The van der Waals surface area contributed by atoms with Gasteiger partial charge in [-0.2, -0.15) is 0 Å². The van der Waals surface area contributed by atoms with E-state index in [4.69, 9.17) is 0 Å². The number of benzene rings is 1. The molecule has 33 heavy (non-hydrogen) atoms. The Morgan fingerprint density at radius 3 is 2.42 bits per heavy atom. The van der Waals surface area contributed by atoms with E-state index in [0.717, 1.165) is 33.3 Å². The van der Waals surface area contributed by atoms with Crippen LogP contribution in [-0.2, 0) is 11.2 Å². The van der Waals surface area contributed by atoms with Crippen LogP contribution in [0, 0.1) is 36.0 Å². The monoisotopic (exact) mass is 473 g/mol. The van der Waals surface area contributed by atoms with Gasteiger partial charge in [0.05, 0.1) is 0 Å². The van der Waals surface area contributed by atoms with Gasteiger partial charge in [0.1, 0.15) is 0 Å². The average Bonchev–Trinajstić information content (AvgIpc) is 2.76. The van der Waals surface area contributed by atoms with Gasteiger partial charge in [-0.1, -0.05) is 72.2 Å². The van der Waals surface area contributed by atoms with Crippen molar-refractivity contribution in [3.63, 3.8) is 0 Å². The summed E-state index contributed by atoms with van der Waals surface area (Å²) in [5.74, 6) is 3.41. The number of hydrogen-bond acceptors (Lipinski definition) is 1. The first-order valence-corrected chi connectivity index (χ1v) is 15.2. The minimum Gasteiger partial charge on any atom is -0.352 e. The summed E-state index contributed by atoms with van der Waals surface area (Å²) in [4.78, 5) is 12.9. The normalized spacial score (nSPS) is 27.2.